The fourth-order valence-corrected chi connectivity index (χ4v) is 1.79. The quantitative estimate of drug-likeness (QED) is 0.862. The van der Waals surface area contributed by atoms with Crippen molar-refractivity contribution in [1.29, 1.82) is 0 Å². The first kappa shape index (κ1) is 13.0. The minimum absolute atomic E-state index is 0.435. The molecule has 88 valence electrons. The van der Waals surface area contributed by atoms with Crippen molar-refractivity contribution < 1.29 is 9.90 Å². The van der Waals surface area contributed by atoms with Gasteiger partial charge >= 0.3 is 5.97 Å². The average Bonchev–Trinajstić information content (AvgIpc) is 2.22. The smallest absolute Gasteiger partial charge is 0.320 e. The van der Waals surface area contributed by atoms with Crippen LogP contribution in [-0.4, -0.2) is 29.1 Å². The Bertz CT molecular complexity index is 351. The Labute approximate surface area is 101 Å². The molecular formula is C12H16ClNO2. The standard InChI is InChI=1S/C12H16ClNO2/c1-3-11(12(15)16)14(2)8-9-4-6-10(13)7-5-9/h4-7,11H,3,8H2,1-2H3,(H,15,16). The fraction of sp³-hybridized carbons (Fsp3) is 0.417. The van der Waals surface area contributed by atoms with Crippen molar-refractivity contribution in [2.45, 2.75) is 25.9 Å². The number of hydrogen-bond donors (Lipinski definition) is 1. The van der Waals surface area contributed by atoms with Crippen molar-refractivity contribution in [3.63, 3.8) is 0 Å². The number of carboxylic acids is 1. The molecule has 0 saturated heterocycles. The average molecular weight is 242 g/mol. The molecule has 1 rings (SSSR count). The number of carboxylic acid groups (broad SMARTS) is 1. The van der Waals surface area contributed by atoms with Crippen LogP contribution in [-0.2, 0) is 11.3 Å². The molecule has 0 saturated carbocycles. The molecule has 0 aliphatic carbocycles. The summed E-state index contributed by atoms with van der Waals surface area (Å²) >= 11 is 5.78. The van der Waals surface area contributed by atoms with Gasteiger partial charge in [-0.3, -0.25) is 9.69 Å². The van der Waals surface area contributed by atoms with Crippen molar-refractivity contribution in [3.8, 4) is 0 Å². The summed E-state index contributed by atoms with van der Waals surface area (Å²) in [6.07, 6.45) is 0.597. The van der Waals surface area contributed by atoms with Gasteiger partial charge in [-0.1, -0.05) is 30.7 Å². The van der Waals surface area contributed by atoms with Gasteiger partial charge in [0.25, 0.3) is 0 Å². The van der Waals surface area contributed by atoms with Crippen molar-refractivity contribution in [3.05, 3.63) is 34.9 Å². The van der Waals surface area contributed by atoms with Crippen molar-refractivity contribution >= 4 is 17.6 Å². The Morgan fingerprint density at radius 2 is 2.00 bits per heavy atom. The van der Waals surface area contributed by atoms with Crippen LogP contribution in [0.2, 0.25) is 5.02 Å². The molecule has 1 aromatic rings. The van der Waals surface area contributed by atoms with Crippen molar-refractivity contribution in [1.82, 2.24) is 4.90 Å². The Morgan fingerprint density at radius 3 is 2.44 bits per heavy atom. The second kappa shape index (κ2) is 5.87. The van der Waals surface area contributed by atoms with E-state index in [4.69, 9.17) is 16.7 Å². The number of likely N-dealkylation sites (N-methyl/N-ethyl adjacent to an activating group) is 1. The van der Waals surface area contributed by atoms with Gasteiger partial charge in [-0.25, -0.2) is 0 Å². The van der Waals surface area contributed by atoms with Gasteiger partial charge in [-0.05, 0) is 31.2 Å². The zero-order chi connectivity index (χ0) is 12.1. The summed E-state index contributed by atoms with van der Waals surface area (Å²) in [5.41, 5.74) is 1.06. The number of carbonyl (C=O) groups is 1. The molecule has 1 aromatic carbocycles. The summed E-state index contributed by atoms with van der Waals surface area (Å²) in [4.78, 5) is 12.8. The number of nitrogens with zero attached hydrogens (tertiary/aromatic N) is 1. The Morgan fingerprint density at radius 1 is 1.44 bits per heavy atom. The maximum Gasteiger partial charge on any atom is 0.320 e. The SMILES string of the molecule is CCC(C(=O)O)N(C)Cc1ccc(Cl)cc1. The molecule has 0 fully saturated rings. The van der Waals surface area contributed by atoms with E-state index >= 15 is 0 Å². The molecule has 0 bridgehead atoms. The third-order valence-electron chi connectivity index (χ3n) is 2.55. The highest BCUT2D eigenvalue weighted by Crippen LogP contribution is 2.13. The highest BCUT2D eigenvalue weighted by Gasteiger charge is 2.20. The molecule has 0 spiro atoms. The molecular weight excluding hydrogens is 226 g/mol. The Hall–Kier alpha value is -1.06. The lowest BCUT2D eigenvalue weighted by molar-refractivity contribution is -0.143. The first-order chi connectivity index (χ1) is 7.54. The van der Waals surface area contributed by atoms with Gasteiger partial charge in [-0.15, -0.1) is 0 Å². The van der Waals surface area contributed by atoms with Crippen LogP contribution in [0.4, 0.5) is 0 Å². The lowest BCUT2D eigenvalue weighted by atomic mass is 10.1. The van der Waals surface area contributed by atoms with Crippen molar-refractivity contribution in [2.75, 3.05) is 7.05 Å². The van der Waals surface area contributed by atoms with Crippen LogP contribution in [0.3, 0.4) is 0 Å². The number of aliphatic carboxylic acids is 1. The highest BCUT2D eigenvalue weighted by atomic mass is 35.5. The number of benzene rings is 1. The van der Waals surface area contributed by atoms with E-state index in [1.165, 1.54) is 0 Å². The Kier molecular flexibility index (Phi) is 4.77. The molecule has 0 aromatic heterocycles. The van der Waals surface area contributed by atoms with Gasteiger partial charge in [-0.2, -0.15) is 0 Å². The van der Waals surface area contributed by atoms with Crippen molar-refractivity contribution in [2.24, 2.45) is 0 Å². The van der Waals surface area contributed by atoms with Gasteiger partial charge < -0.3 is 5.11 Å². The first-order valence-electron chi connectivity index (χ1n) is 5.22. The molecule has 1 N–H and O–H groups in total. The van der Waals surface area contributed by atoms with E-state index in [9.17, 15) is 4.79 Å². The number of hydrogen-bond acceptors (Lipinski definition) is 2. The first-order valence-corrected chi connectivity index (χ1v) is 5.60. The summed E-state index contributed by atoms with van der Waals surface area (Å²) in [5, 5.41) is 9.69. The third kappa shape index (κ3) is 3.51. The van der Waals surface area contributed by atoms with Gasteiger partial charge in [0, 0.05) is 11.6 Å². The predicted molar refractivity (Wildman–Crippen MR) is 64.6 cm³/mol. The summed E-state index contributed by atoms with van der Waals surface area (Å²) < 4.78 is 0. The normalized spacial score (nSPS) is 12.8. The van der Waals surface area contributed by atoms with Crippen LogP contribution in [0.5, 0.6) is 0 Å². The number of rotatable bonds is 5. The maximum absolute atomic E-state index is 11.0. The molecule has 0 aliphatic heterocycles. The predicted octanol–water partition coefficient (Wildman–Crippen LogP) is 2.64. The van der Waals surface area contributed by atoms with Crippen LogP contribution >= 0.6 is 11.6 Å². The second-order valence-corrected chi connectivity index (χ2v) is 4.24. The molecule has 0 heterocycles. The van der Waals surface area contributed by atoms with E-state index in [-0.39, 0.29) is 0 Å². The zero-order valence-electron chi connectivity index (χ0n) is 9.48. The summed E-state index contributed by atoms with van der Waals surface area (Å²) in [7, 11) is 1.82. The van der Waals surface area contributed by atoms with Crippen LogP contribution in [0.15, 0.2) is 24.3 Å². The second-order valence-electron chi connectivity index (χ2n) is 3.80. The molecule has 1 unspecified atom stereocenters. The molecule has 3 nitrogen and oxygen atoms in total. The monoisotopic (exact) mass is 241 g/mol. The number of halogens is 1. The molecule has 0 aliphatic rings. The van der Waals surface area contributed by atoms with Crippen LogP contribution < -0.4 is 0 Å². The molecule has 0 amide bonds. The summed E-state index contributed by atoms with van der Waals surface area (Å²) in [6, 6.07) is 7.01. The van der Waals surface area contributed by atoms with E-state index in [0.29, 0.717) is 18.0 Å². The van der Waals surface area contributed by atoms with E-state index in [0.717, 1.165) is 5.56 Å². The molecule has 0 radical (unpaired) electrons. The maximum atomic E-state index is 11.0. The molecule has 4 heteroatoms. The van der Waals surface area contributed by atoms with Gasteiger partial charge in [0.05, 0.1) is 0 Å². The van der Waals surface area contributed by atoms with Gasteiger partial charge in [0.15, 0.2) is 0 Å². The minimum atomic E-state index is -0.779. The highest BCUT2D eigenvalue weighted by molar-refractivity contribution is 6.30. The largest absolute Gasteiger partial charge is 0.480 e. The summed E-state index contributed by atoms with van der Waals surface area (Å²) in [6.45, 7) is 2.49. The van der Waals surface area contributed by atoms with Gasteiger partial charge in [0.2, 0.25) is 0 Å². The lowest BCUT2D eigenvalue weighted by Crippen LogP contribution is -2.37. The van der Waals surface area contributed by atoms with Gasteiger partial charge in [0.1, 0.15) is 6.04 Å². The zero-order valence-corrected chi connectivity index (χ0v) is 10.2. The summed E-state index contributed by atoms with van der Waals surface area (Å²) in [5.74, 6) is -0.779. The van der Waals surface area contributed by atoms with Crippen LogP contribution in [0, 0.1) is 0 Å². The third-order valence-corrected chi connectivity index (χ3v) is 2.80. The van der Waals surface area contributed by atoms with Crippen LogP contribution in [0.25, 0.3) is 0 Å². The van der Waals surface area contributed by atoms with E-state index in [1.807, 2.05) is 43.1 Å². The van der Waals surface area contributed by atoms with E-state index in [2.05, 4.69) is 0 Å². The Balaban J connectivity index is 2.66. The molecule has 16 heavy (non-hydrogen) atoms. The minimum Gasteiger partial charge on any atom is -0.480 e. The van der Waals surface area contributed by atoms with Crippen LogP contribution in [0.1, 0.15) is 18.9 Å². The molecule has 1 atom stereocenters. The fourth-order valence-electron chi connectivity index (χ4n) is 1.66. The topological polar surface area (TPSA) is 40.5 Å². The lowest BCUT2D eigenvalue weighted by Gasteiger charge is -2.23. The van der Waals surface area contributed by atoms with E-state index < -0.39 is 12.0 Å². The van der Waals surface area contributed by atoms with E-state index in [1.54, 1.807) is 0 Å².